The topological polar surface area (TPSA) is 60.7 Å². The van der Waals surface area contributed by atoms with Crippen LogP contribution in [0.2, 0.25) is 0 Å². The Morgan fingerprint density at radius 2 is 1.80 bits per heavy atom. The number of nitrogens with one attached hydrogen (secondary N) is 1. The summed E-state index contributed by atoms with van der Waals surface area (Å²) >= 11 is 0. The quantitative estimate of drug-likeness (QED) is 0.869. The van der Waals surface area contributed by atoms with Gasteiger partial charge < -0.3 is 19.0 Å². The van der Waals surface area contributed by atoms with Crippen molar-refractivity contribution in [1.29, 1.82) is 0 Å². The number of carbonyl (C=O) groups excluding carboxylic acids is 1. The second-order valence-electron chi connectivity index (χ2n) is 7.42. The maximum Gasteiger partial charge on any atom is 0.495 e. The lowest BCUT2D eigenvalue weighted by atomic mass is 9.75. The molecule has 5 nitrogen and oxygen atoms in total. The van der Waals surface area contributed by atoms with E-state index in [0.29, 0.717) is 17.9 Å². The van der Waals surface area contributed by atoms with Gasteiger partial charge in [0.25, 0.3) is 5.91 Å². The molecule has 2 aromatic rings. The number of hydrogen-bond acceptors (Lipinski definition) is 4. The third-order valence-electron chi connectivity index (χ3n) is 5.05. The minimum atomic E-state index is -0.483. The van der Waals surface area contributed by atoms with Crippen molar-refractivity contribution in [2.75, 3.05) is 0 Å². The van der Waals surface area contributed by atoms with E-state index in [9.17, 15) is 4.79 Å². The van der Waals surface area contributed by atoms with Crippen molar-refractivity contribution in [3.8, 4) is 0 Å². The first-order valence-electron chi connectivity index (χ1n) is 8.46. The van der Waals surface area contributed by atoms with Crippen LogP contribution in [0.4, 0.5) is 0 Å². The first kappa shape index (κ1) is 17.8. The molecular weight excluding hydrogens is 317 g/mol. The van der Waals surface area contributed by atoms with E-state index in [-0.39, 0.29) is 5.91 Å². The summed E-state index contributed by atoms with van der Waals surface area (Å²) in [6, 6.07) is 9.19. The second-order valence-corrected chi connectivity index (χ2v) is 7.42. The van der Waals surface area contributed by atoms with Gasteiger partial charge in [-0.3, -0.25) is 4.79 Å². The zero-order valence-electron chi connectivity index (χ0n) is 15.4. The number of furan rings is 1. The van der Waals surface area contributed by atoms with Crippen molar-refractivity contribution in [2.45, 2.75) is 52.4 Å². The third-order valence-corrected chi connectivity index (χ3v) is 5.05. The van der Waals surface area contributed by atoms with E-state index >= 15 is 0 Å². The number of amides is 1. The summed E-state index contributed by atoms with van der Waals surface area (Å²) < 4.78 is 17.5. The van der Waals surface area contributed by atoms with Gasteiger partial charge in [0.1, 0.15) is 5.76 Å². The molecule has 1 saturated heterocycles. The number of benzene rings is 1. The summed E-state index contributed by atoms with van der Waals surface area (Å²) in [5, 5.41) is 2.86. The average Bonchev–Trinajstić information content (AvgIpc) is 3.11. The number of hydrogen-bond donors (Lipinski definition) is 1. The minimum absolute atomic E-state index is 0.158. The molecule has 0 radical (unpaired) electrons. The molecule has 132 valence electrons. The maximum absolute atomic E-state index is 12.4. The first-order valence-corrected chi connectivity index (χ1v) is 8.46. The average molecular weight is 341 g/mol. The highest BCUT2D eigenvalue weighted by molar-refractivity contribution is 6.62. The van der Waals surface area contributed by atoms with E-state index in [1.165, 1.54) is 0 Å². The van der Waals surface area contributed by atoms with Gasteiger partial charge >= 0.3 is 7.12 Å². The summed E-state index contributed by atoms with van der Waals surface area (Å²) in [6.45, 7) is 10.4. The van der Waals surface area contributed by atoms with E-state index in [2.05, 4.69) is 5.32 Å². The molecule has 1 aromatic heterocycles. The molecule has 0 aliphatic carbocycles. The molecule has 25 heavy (non-hydrogen) atoms. The Kier molecular flexibility index (Phi) is 4.52. The molecule has 1 N–H and O–H groups in total. The van der Waals surface area contributed by atoms with Crippen molar-refractivity contribution < 1.29 is 18.5 Å². The SMILES string of the molecule is Cc1ccc(C(=O)NCc2ccco2)cc1B1OC(C)(C)C(C)(C)O1. The van der Waals surface area contributed by atoms with Crippen LogP contribution in [0, 0.1) is 6.92 Å². The van der Waals surface area contributed by atoms with Gasteiger partial charge in [0, 0.05) is 5.56 Å². The Hall–Kier alpha value is -2.05. The normalized spacial score (nSPS) is 18.4. The lowest BCUT2D eigenvalue weighted by Crippen LogP contribution is -2.41. The van der Waals surface area contributed by atoms with Crippen LogP contribution < -0.4 is 10.8 Å². The summed E-state index contributed by atoms with van der Waals surface area (Å²) in [6.07, 6.45) is 1.59. The molecular formula is C19H24BNO4. The van der Waals surface area contributed by atoms with Gasteiger partial charge in [0.05, 0.1) is 24.0 Å². The van der Waals surface area contributed by atoms with Crippen LogP contribution in [0.1, 0.15) is 49.4 Å². The van der Waals surface area contributed by atoms with Crippen molar-refractivity contribution in [3.05, 3.63) is 53.5 Å². The van der Waals surface area contributed by atoms with Gasteiger partial charge in [-0.1, -0.05) is 11.6 Å². The molecule has 1 amide bonds. The number of carbonyl (C=O) groups is 1. The predicted molar refractivity (Wildman–Crippen MR) is 96.8 cm³/mol. The summed E-state index contributed by atoms with van der Waals surface area (Å²) in [4.78, 5) is 12.4. The van der Waals surface area contributed by atoms with Crippen LogP contribution in [0.15, 0.2) is 41.0 Å². The van der Waals surface area contributed by atoms with Gasteiger partial charge in [0.15, 0.2) is 0 Å². The van der Waals surface area contributed by atoms with Crippen LogP contribution in [0.5, 0.6) is 0 Å². The standard InChI is InChI=1S/C19H24BNO4/c1-13-8-9-14(17(22)21-12-15-7-6-10-23-15)11-16(13)20-24-18(2,3)19(4,5)25-20/h6-11H,12H2,1-5H3,(H,21,22). The van der Waals surface area contributed by atoms with E-state index in [4.69, 9.17) is 13.7 Å². The summed E-state index contributed by atoms with van der Waals surface area (Å²) in [5.74, 6) is 0.556. The second kappa shape index (κ2) is 6.35. The van der Waals surface area contributed by atoms with Crippen LogP contribution in [0.3, 0.4) is 0 Å². The molecule has 1 fully saturated rings. The van der Waals surface area contributed by atoms with Crippen molar-refractivity contribution in [2.24, 2.45) is 0 Å². The smallest absolute Gasteiger partial charge is 0.467 e. The zero-order valence-corrected chi connectivity index (χ0v) is 15.4. The largest absolute Gasteiger partial charge is 0.495 e. The van der Waals surface area contributed by atoms with Crippen LogP contribution in [-0.2, 0) is 15.9 Å². The Labute approximate surface area is 148 Å². The highest BCUT2D eigenvalue weighted by atomic mass is 16.7. The van der Waals surface area contributed by atoms with Crippen molar-refractivity contribution in [3.63, 3.8) is 0 Å². The fourth-order valence-corrected chi connectivity index (χ4v) is 2.69. The Morgan fingerprint density at radius 1 is 1.12 bits per heavy atom. The Balaban J connectivity index is 1.78. The van der Waals surface area contributed by atoms with E-state index in [1.807, 2.05) is 58.9 Å². The highest BCUT2D eigenvalue weighted by Gasteiger charge is 2.52. The first-order chi connectivity index (χ1) is 11.7. The van der Waals surface area contributed by atoms with Crippen molar-refractivity contribution >= 4 is 18.5 Å². The van der Waals surface area contributed by atoms with Gasteiger partial charge in [-0.2, -0.15) is 0 Å². The maximum atomic E-state index is 12.4. The fraction of sp³-hybridized carbons (Fsp3) is 0.421. The van der Waals surface area contributed by atoms with Gasteiger partial charge in [-0.15, -0.1) is 0 Å². The van der Waals surface area contributed by atoms with Crippen LogP contribution in [-0.4, -0.2) is 24.2 Å². The minimum Gasteiger partial charge on any atom is -0.467 e. The molecule has 3 rings (SSSR count). The van der Waals surface area contributed by atoms with Gasteiger partial charge in [0.2, 0.25) is 0 Å². The predicted octanol–water partition coefficient (Wildman–Crippen LogP) is 2.82. The summed E-state index contributed by atoms with van der Waals surface area (Å²) in [7, 11) is -0.483. The zero-order chi connectivity index (χ0) is 18.2. The molecule has 0 spiro atoms. The molecule has 2 heterocycles. The molecule has 0 atom stereocenters. The van der Waals surface area contributed by atoms with Crippen LogP contribution in [0.25, 0.3) is 0 Å². The number of rotatable bonds is 4. The van der Waals surface area contributed by atoms with Gasteiger partial charge in [-0.25, -0.2) is 0 Å². The highest BCUT2D eigenvalue weighted by Crippen LogP contribution is 2.36. The molecule has 6 heteroatoms. The Morgan fingerprint density at radius 3 is 2.40 bits per heavy atom. The van der Waals surface area contributed by atoms with E-state index in [0.717, 1.165) is 11.0 Å². The Bertz CT molecular complexity index is 752. The molecule has 0 saturated carbocycles. The molecule has 1 aromatic carbocycles. The molecule has 1 aliphatic rings. The lowest BCUT2D eigenvalue weighted by Gasteiger charge is -2.32. The molecule has 1 aliphatic heterocycles. The fourth-order valence-electron chi connectivity index (χ4n) is 2.69. The number of aryl methyl sites for hydroxylation is 1. The monoisotopic (exact) mass is 341 g/mol. The van der Waals surface area contributed by atoms with E-state index in [1.54, 1.807) is 12.3 Å². The van der Waals surface area contributed by atoms with Crippen molar-refractivity contribution in [1.82, 2.24) is 5.32 Å². The lowest BCUT2D eigenvalue weighted by molar-refractivity contribution is 0.00578. The van der Waals surface area contributed by atoms with E-state index < -0.39 is 18.3 Å². The van der Waals surface area contributed by atoms with Crippen LogP contribution >= 0.6 is 0 Å². The molecule has 0 bridgehead atoms. The summed E-state index contributed by atoms with van der Waals surface area (Å²) in [5.41, 5.74) is 1.65. The molecule has 0 unspecified atom stereocenters. The third kappa shape index (κ3) is 3.50. The van der Waals surface area contributed by atoms with Gasteiger partial charge in [-0.05, 0) is 64.3 Å².